The number of methoxy groups -OCH3 is 1. The lowest BCUT2D eigenvalue weighted by atomic mass is 10.1. The first-order chi connectivity index (χ1) is 7.13. The molecule has 3 nitrogen and oxygen atoms in total. The van der Waals surface area contributed by atoms with E-state index in [0.717, 1.165) is 10.9 Å². The maximum Gasteiger partial charge on any atom is 0.337 e. The highest BCUT2D eigenvalue weighted by Gasteiger charge is 2.08. The number of ether oxygens (including phenoxy) is 1. The molecule has 2 aromatic rings. The molecule has 1 aromatic heterocycles. The van der Waals surface area contributed by atoms with E-state index in [0.29, 0.717) is 5.56 Å². The van der Waals surface area contributed by atoms with Crippen molar-refractivity contribution in [3.63, 3.8) is 0 Å². The summed E-state index contributed by atoms with van der Waals surface area (Å²) in [6.45, 7) is 2.04. The van der Waals surface area contributed by atoms with Crippen LogP contribution in [0, 0.1) is 6.92 Å². The number of aryl methyl sites for hydroxylation is 2. The van der Waals surface area contributed by atoms with Crippen LogP contribution in [-0.4, -0.2) is 17.6 Å². The molecule has 0 N–H and O–H groups in total. The highest BCUT2D eigenvalue weighted by molar-refractivity contribution is 5.95. The molecule has 0 radical (unpaired) electrons. The van der Waals surface area contributed by atoms with Crippen LogP contribution in [0.5, 0.6) is 0 Å². The van der Waals surface area contributed by atoms with Gasteiger partial charge in [0.1, 0.15) is 0 Å². The number of nitrogens with zero attached hydrogens (tertiary/aromatic N) is 1. The maximum atomic E-state index is 11.3. The fraction of sp³-hybridized carbons (Fsp3) is 0.250. The standard InChI is InChI=1S/C12H13NO2/c1-8-6-10-7-9(12(14)15-3)4-5-11(10)13(8)2/h4-7H,1-3H3. The molecule has 0 aliphatic heterocycles. The van der Waals surface area contributed by atoms with Crippen LogP contribution >= 0.6 is 0 Å². The van der Waals surface area contributed by atoms with Crippen molar-refractivity contribution in [2.24, 2.45) is 7.05 Å². The average molecular weight is 203 g/mol. The third kappa shape index (κ3) is 1.50. The third-order valence-electron chi connectivity index (χ3n) is 2.70. The molecule has 0 saturated carbocycles. The van der Waals surface area contributed by atoms with Crippen LogP contribution in [0.3, 0.4) is 0 Å². The zero-order valence-electron chi connectivity index (χ0n) is 9.07. The molecule has 0 spiro atoms. The first kappa shape index (κ1) is 9.77. The van der Waals surface area contributed by atoms with E-state index in [1.807, 2.05) is 26.1 Å². The number of carbonyl (C=O) groups is 1. The van der Waals surface area contributed by atoms with Gasteiger partial charge in [0.25, 0.3) is 0 Å². The van der Waals surface area contributed by atoms with Crippen LogP contribution in [0.4, 0.5) is 0 Å². The molecule has 0 atom stereocenters. The minimum Gasteiger partial charge on any atom is -0.465 e. The van der Waals surface area contributed by atoms with E-state index in [9.17, 15) is 4.79 Å². The summed E-state index contributed by atoms with van der Waals surface area (Å²) in [5, 5.41) is 1.07. The van der Waals surface area contributed by atoms with Crippen LogP contribution < -0.4 is 0 Å². The van der Waals surface area contributed by atoms with E-state index in [4.69, 9.17) is 0 Å². The largest absolute Gasteiger partial charge is 0.465 e. The van der Waals surface area contributed by atoms with E-state index in [1.165, 1.54) is 12.8 Å². The van der Waals surface area contributed by atoms with Crippen LogP contribution in [0.1, 0.15) is 16.1 Å². The Morgan fingerprint density at radius 2 is 2.07 bits per heavy atom. The summed E-state index contributed by atoms with van der Waals surface area (Å²) in [6.07, 6.45) is 0. The Bertz CT molecular complexity index is 526. The summed E-state index contributed by atoms with van der Waals surface area (Å²) < 4.78 is 6.77. The lowest BCUT2D eigenvalue weighted by molar-refractivity contribution is 0.0601. The molecule has 78 valence electrons. The Morgan fingerprint density at radius 3 is 2.73 bits per heavy atom. The second-order valence-corrected chi connectivity index (χ2v) is 3.61. The van der Waals surface area contributed by atoms with Crippen molar-refractivity contribution >= 4 is 16.9 Å². The lowest BCUT2D eigenvalue weighted by Gasteiger charge is -2.01. The van der Waals surface area contributed by atoms with Crippen LogP contribution in [0.25, 0.3) is 10.9 Å². The average Bonchev–Trinajstić information content (AvgIpc) is 2.53. The molecule has 0 fully saturated rings. The van der Waals surface area contributed by atoms with E-state index in [1.54, 1.807) is 6.07 Å². The Hall–Kier alpha value is -1.77. The quantitative estimate of drug-likeness (QED) is 0.666. The third-order valence-corrected chi connectivity index (χ3v) is 2.70. The van der Waals surface area contributed by atoms with Gasteiger partial charge in [0.15, 0.2) is 0 Å². The maximum absolute atomic E-state index is 11.3. The first-order valence-electron chi connectivity index (χ1n) is 4.78. The smallest absolute Gasteiger partial charge is 0.337 e. The molecule has 0 aliphatic rings. The number of fused-ring (bicyclic) bond motifs is 1. The van der Waals surface area contributed by atoms with Gasteiger partial charge in [-0.2, -0.15) is 0 Å². The number of esters is 1. The predicted molar refractivity (Wildman–Crippen MR) is 59.0 cm³/mol. The monoisotopic (exact) mass is 203 g/mol. The van der Waals surface area contributed by atoms with Gasteiger partial charge in [-0.1, -0.05) is 0 Å². The van der Waals surface area contributed by atoms with Gasteiger partial charge in [-0.3, -0.25) is 0 Å². The molecule has 1 aromatic carbocycles. The van der Waals surface area contributed by atoms with Crippen LogP contribution in [-0.2, 0) is 11.8 Å². The van der Waals surface area contributed by atoms with Gasteiger partial charge in [-0.15, -0.1) is 0 Å². The summed E-state index contributed by atoms with van der Waals surface area (Å²) in [5.41, 5.74) is 2.89. The summed E-state index contributed by atoms with van der Waals surface area (Å²) in [4.78, 5) is 11.3. The highest BCUT2D eigenvalue weighted by atomic mass is 16.5. The number of hydrogen-bond acceptors (Lipinski definition) is 2. The molecule has 0 bridgehead atoms. The Morgan fingerprint density at radius 1 is 1.33 bits per heavy atom. The molecule has 0 unspecified atom stereocenters. The van der Waals surface area contributed by atoms with Gasteiger partial charge in [-0.25, -0.2) is 4.79 Å². The van der Waals surface area contributed by atoms with E-state index >= 15 is 0 Å². The van der Waals surface area contributed by atoms with Crippen molar-refractivity contribution in [2.45, 2.75) is 6.92 Å². The second-order valence-electron chi connectivity index (χ2n) is 3.61. The van der Waals surface area contributed by atoms with E-state index < -0.39 is 0 Å². The molecular formula is C12H13NO2. The molecule has 0 amide bonds. The van der Waals surface area contributed by atoms with Crippen molar-refractivity contribution in [1.82, 2.24) is 4.57 Å². The minimum atomic E-state index is -0.293. The zero-order valence-corrected chi connectivity index (χ0v) is 9.07. The summed E-state index contributed by atoms with van der Waals surface area (Å²) in [7, 11) is 3.40. The van der Waals surface area contributed by atoms with Crippen molar-refractivity contribution in [3.8, 4) is 0 Å². The number of benzene rings is 1. The number of carbonyl (C=O) groups excluding carboxylic acids is 1. The normalized spacial score (nSPS) is 10.6. The molecular weight excluding hydrogens is 190 g/mol. The highest BCUT2D eigenvalue weighted by Crippen LogP contribution is 2.19. The minimum absolute atomic E-state index is 0.293. The van der Waals surface area contributed by atoms with Gasteiger partial charge >= 0.3 is 5.97 Å². The topological polar surface area (TPSA) is 31.2 Å². The van der Waals surface area contributed by atoms with Crippen molar-refractivity contribution in [1.29, 1.82) is 0 Å². The molecule has 15 heavy (non-hydrogen) atoms. The number of rotatable bonds is 1. The molecule has 3 heteroatoms. The molecule has 1 heterocycles. The van der Waals surface area contributed by atoms with Gasteiger partial charge in [0, 0.05) is 23.6 Å². The van der Waals surface area contributed by atoms with Gasteiger partial charge in [0.05, 0.1) is 12.7 Å². The predicted octanol–water partition coefficient (Wildman–Crippen LogP) is 2.27. The number of hydrogen-bond donors (Lipinski definition) is 0. The second kappa shape index (κ2) is 3.42. The summed E-state index contributed by atoms with van der Waals surface area (Å²) >= 11 is 0. The number of aromatic nitrogens is 1. The van der Waals surface area contributed by atoms with Crippen LogP contribution in [0.2, 0.25) is 0 Å². The fourth-order valence-corrected chi connectivity index (χ4v) is 1.73. The van der Waals surface area contributed by atoms with Crippen molar-refractivity contribution in [2.75, 3.05) is 7.11 Å². The Kier molecular flexibility index (Phi) is 2.23. The molecule has 0 saturated heterocycles. The Balaban J connectivity index is 2.62. The van der Waals surface area contributed by atoms with E-state index in [-0.39, 0.29) is 5.97 Å². The van der Waals surface area contributed by atoms with Gasteiger partial charge < -0.3 is 9.30 Å². The zero-order chi connectivity index (χ0) is 11.0. The summed E-state index contributed by atoms with van der Waals surface area (Å²) in [6, 6.07) is 7.64. The molecule has 2 rings (SSSR count). The fourth-order valence-electron chi connectivity index (χ4n) is 1.73. The van der Waals surface area contributed by atoms with Crippen molar-refractivity contribution in [3.05, 3.63) is 35.5 Å². The lowest BCUT2D eigenvalue weighted by Crippen LogP contribution is -2.00. The van der Waals surface area contributed by atoms with Gasteiger partial charge in [-0.05, 0) is 31.2 Å². The Labute approximate surface area is 88.3 Å². The van der Waals surface area contributed by atoms with Crippen LogP contribution in [0.15, 0.2) is 24.3 Å². The van der Waals surface area contributed by atoms with Crippen molar-refractivity contribution < 1.29 is 9.53 Å². The van der Waals surface area contributed by atoms with Gasteiger partial charge in [0.2, 0.25) is 0 Å². The summed E-state index contributed by atoms with van der Waals surface area (Å²) in [5.74, 6) is -0.293. The van der Waals surface area contributed by atoms with E-state index in [2.05, 4.69) is 15.4 Å². The SMILES string of the molecule is COC(=O)c1ccc2c(c1)cc(C)n2C. The first-order valence-corrected chi connectivity index (χ1v) is 4.78. The molecule has 0 aliphatic carbocycles.